The standard InChI is InChI=1S/C18H23N3/c1-12(19)8-15-10-14-4-2-3-5-17(14)20-18(15)21-11-13-6-7-16(21)9-13/h2-5,10,12-13,16H,6-9,11,19H2,1H3. The summed E-state index contributed by atoms with van der Waals surface area (Å²) in [5, 5.41) is 1.22. The smallest absolute Gasteiger partial charge is 0.132 e. The number of hydrogen-bond donors (Lipinski definition) is 1. The van der Waals surface area contributed by atoms with Crippen LogP contribution < -0.4 is 10.6 Å². The lowest BCUT2D eigenvalue weighted by Gasteiger charge is -2.30. The second kappa shape index (κ2) is 4.99. The fraction of sp³-hybridized carbons (Fsp3) is 0.500. The van der Waals surface area contributed by atoms with Crippen LogP contribution in [0.5, 0.6) is 0 Å². The number of para-hydroxylation sites is 1. The van der Waals surface area contributed by atoms with Crippen LogP contribution in [0.2, 0.25) is 0 Å². The zero-order valence-electron chi connectivity index (χ0n) is 12.6. The molecule has 1 saturated carbocycles. The van der Waals surface area contributed by atoms with Gasteiger partial charge < -0.3 is 10.6 Å². The van der Waals surface area contributed by atoms with E-state index in [-0.39, 0.29) is 6.04 Å². The monoisotopic (exact) mass is 281 g/mol. The summed E-state index contributed by atoms with van der Waals surface area (Å²) in [6.45, 7) is 3.26. The van der Waals surface area contributed by atoms with Crippen molar-refractivity contribution in [1.82, 2.24) is 4.98 Å². The average molecular weight is 281 g/mol. The van der Waals surface area contributed by atoms with Crippen LogP contribution in [0.15, 0.2) is 30.3 Å². The summed E-state index contributed by atoms with van der Waals surface area (Å²) in [6.07, 6.45) is 4.99. The van der Waals surface area contributed by atoms with E-state index in [0.29, 0.717) is 6.04 Å². The molecule has 2 fully saturated rings. The fourth-order valence-electron chi connectivity index (χ4n) is 4.08. The Labute approximate surface area is 126 Å². The third-order valence-electron chi connectivity index (χ3n) is 5.00. The number of nitrogens with two attached hydrogens (primary N) is 1. The Morgan fingerprint density at radius 1 is 1.33 bits per heavy atom. The average Bonchev–Trinajstić information content (AvgIpc) is 3.08. The molecule has 0 radical (unpaired) electrons. The van der Waals surface area contributed by atoms with Gasteiger partial charge in [0.25, 0.3) is 0 Å². The Morgan fingerprint density at radius 3 is 2.90 bits per heavy atom. The van der Waals surface area contributed by atoms with E-state index in [2.05, 4.69) is 42.2 Å². The van der Waals surface area contributed by atoms with Crippen molar-refractivity contribution in [3.05, 3.63) is 35.9 Å². The number of fused-ring (bicyclic) bond motifs is 3. The van der Waals surface area contributed by atoms with Crippen LogP contribution in [0.25, 0.3) is 10.9 Å². The summed E-state index contributed by atoms with van der Waals surface area (Å²) in [7, 11) is 0. The van der Waals surface area contributed by atoms with Crippen LogP contribution in [-0.4, -0.2) is 23.6 Å². The number of piperidine rings is 1. The van der Waals surface area contributed by atoms with Crippen LogP contribution in [0.3, 0.4) is 0 Å². The zero-order valence-corrected chi connectivity index (χ0v) is 12.6. The first-order valence-corrected chi connectivity index (χ1v) is 8.11. The Morgan fingerprint density at radius 2 is 2.19 bits per heavy atom. The molecule has 1 aliphatic carbocycles. The van der Waals surface area contributed by atoms with Crippen molar-refractivity contribution in [2.45, 2.75) is 44.7 Å². The Bertz CT molecular complexity index is 665. The molecular formula is C18H23N3. The maximum absolute atomic E-state index is 6.07. The molecule has 1 aromatic carbocycles. The van der Waals surface area contributed by atoms with Gasteiger partial charge in [0.2, 0.25) is 0 Å². The minimum Gasteiger partial charge on any atom is -0.353 e. The molecular weight excluding hydrogens is 258 g/mol. The Balaban J connectivity index is 1.81. The first kappa shape index (κ1) is 13.1. The van der Waals surface area contributed by atoms with Crippen molar-refractivity contribution >= 4 is 16.7 Å². The number of pyridine rings is 1. The highest BCUT2D eigenvalue weighted by molar-refractivity contribution is 5.82. The van der Waals surface area contributed by atoms with E-state index >= 15 is 0 Å². The van der Waals surface area contributed by atoms with Gasteiger partial charge in [0.05, 0.1) is 5.52 Å². The molecule has 3 atom stereocenters. The third kappa shape index (κ3) is 2.30. The first-order valence-electron chi connectivity index (χ1n) is 8.11. The first-order chi connectivity index (χ1) is 10.2. The number of hydrogen-bond acceptors (Lipinski definition) is 3. The second-order valence-corrected chi connectivity index (χ2v) is 6.83. The van der Waals surface area contributed by atoms with Gasteiger partial charge in [-0.3, -0.25) is 0 Å². The van der Waals surface area contributed by atoms with E-state index in [1.807, 2.05) is 0 Å². The number of anilines is 1. The van der Waals surface area contributed by atoms with Crippen LogP contribution in [-0.2, 0) is 6.42 Å². The molecule has 3 nitrogen and oxygen atoms in total. The molecule has 1 aromatic heterocycles. The van der Waals surface area contributed by atoms with Gasteiger partial charge in [-0.05, 0) is 56.2 Å². The fourth-order valence-corrected chi connectivity index (χ4v) is 4.08. The topological polar surface area (TPSA) is 42.1 Å². The molecule has 0 spiro atoms. The summed E-state index contributed by atoms with van der Waals surface area (Å²) in [5.41, 5.74) is 8.48. The second-order valence-electron chi connectivity index (χ2n) is 6.83. The Hall–Kier alpha value is -1.61. The van der Waals surface area contributed by atoms with Crippen LogP contribution in [0.1, 0.15) is 31.7 Å². The molecule has 1 saturated heterocycles. The predicted octanol–water partition coefficient (Wildman–Crippen LogP) is 3.11. The molecule has 3 unspecified atom stereocenters. The lowest BCUT2D eigenvalue weighted by atomic mass is 10.0. The van der Waals surface area contributed by atoms with Gasteiger partial charge in [0, 0.05) is 24.0 Å². The van der Waals surface area contributed by atoms with E-state index in [9.17, 15) is 0 Å². The number of rotatable bonds is 3. The molecule has 110 valence electrons. The molecule has 0 amide bonds. The molecule has 2 N–H and O–H groups in total. The molecule has 4 rings (SSSR count). The SMILES string of the molecule is CC(N)Cc1cc2ccccc2nc1N1CC2CCC1C2. The quantitative estimate of drug-likeness (QED) is 0.940. The Kier molecular flexibility index (Phi) is 3.11. The van der Waals surface area contributed by atoms with Gasteiger partial charge in [-0.25, -0.2) is 4.98 Å². The van der Waals surface area contributed by atoms with Gasteiger partial charge >= 0.3 is 0 Å². The van der Waals surface area contributed by atoms with E-state index in [1.165, 1.54) is 42.6 Å². The highest BCUT2D eigenvalue weighted by atomic mass is 15.2. The molecule has 2 aliphatic rings. The van der Waals surface area contributed by atoms with E-state index in [1.54, 1.807) is 0 Å². The molecule has 2 bridgehead atoms. The van der Waals surface area contributed by atoms with Crippen molar-refractivity contribution in [2.24, 2.45) is 11.7 Å². The molecule has 3 heteroatoms. The maximum Gasteiger partial charge on any atom is 0.132 e. The third-order valence-corrected chi connectivity index (χ3v) is 5.00. The lowest BCUT2D eigenvalue weighted by molar-refractivity contribution is 0.549. The summed E-state index contributed by atoms with van der Waals surface area (Å²) in [4.78, 5) is 7.55. The van der Waals surface area contributed by atoms with Gasteiger partial charge in [-0.1, -0.05) is 18.2 Å². The summed E-state index contributed by atoms with van der Waals surface area (Å²) in [6, 6.07) is 11.6. The molecule has 1 aliphatic heterocycles. The van der Waals surface area contributed by atoms with E-state index in [0.717, 1.165) is 17.9 Å². The molecule has 21 heavy (non-hydrogen) atoms. The summed E-state index contributed by atoms with van der Waals surface area (Å²) >= 11 is 0. The highest BCUT2D eigenvalue weighted by Crippen LogP contribution is 2.41. The van der Waals surface area contributed by atoms with Crippen molar-refractivity contribution in [1.29, 1.82) is 0 Å². The number of benzene rings is 1. The van der Waals surface area contributed by atoms with Crippen LogP contribution in [0, 0.1) is 5.92 Å². The van der Waals surface area contributed by atoms with Gasteiger partial charge in [-0.15, -0.1) is 0 Å². The number of nitrogens with zero attached hydrogens (tertiary/aromatic N) is 2. The van der Waals surface area contributed by atoms with Crippen LogP contribution in [0.4, 0.5) is 5.82 Å². The van der Waals surface area contributed by atoms with Gasteiger partial charge in [0.1, 0.15) is 5.82 Å². The normalized spacial score (nSPS) is 25.7. The number of aromatic nitrogens is 1. The van der Waals surface area contributed by atoms with E-state index < -0.39 is 0 Å². The minimum atomic E-state index is 0.173. The van der Waals surface area contributed by atoms with Gasteiger partial charge in [-0.2, -0.15) is 0 Å². The predicted molar refractivity (Wildman–Crippen MR) is 87.6 cm³/mol. The summed E-state index contributed by atoms with van der Waals surface area (Å²) < 4.78 is 0. The van der Waals surface area contributed by atoms with E-state index in [4.69, 9.17) is 10.7 Å². The lowest BCUT2D eigenvalue weighted by Crippen LogP contribution is -2.34. The minimum absolute atomic E-state index is 0.173. The van der Waals surface area contributed by atoms with Crippen molar-refractivity contribution in [3.8, 4) is 0 Å². The van der Waals surface area contributed by atoms with Crippen molar-refractivity contribution in [2.75, 3.05) is 11.4 Å². The largest absolute Gasteiger partial charge is 0.353 e. The molecule has 2 aromatic rings. The van der Waals surface area contributed by atoms with Gasteiger partial charge in [0.15, 0.2) is 0 Å². The summed E-state index contributed by atoms with van der Waals surface area (Å²) in [5.74, 6) is 2.07. The van der Waals surface area contributed by atoms with Crippen LogP contribution >= 0.6 is 0 Å². The maximum atomic E-state index is 6.07. The highest BCUT2D eigenvalue weighted by Gasteiger charge is 2.39. The van der Waals surface area contributed by atoms with Crippen molar-refractivity contribution < 1.29 is 0 Å². The molecule has 2 heterocycles. The zero-order chi connectivity index (χ0) is 14.4. The van der Waals surface area contributed by atoms with Crippen molar-refractivity contribution in [3.63, 3.8) is 0 Å².